The molecule has 4 N–H and O–H groups in total. The molecule has 32 heavy (non-hydrogen) atoms. The van der Waals surface area contributed by atoms with E-state index in [1.807, 2.05) is 18.2 Å². The van der Waals surface area contributed by atoms with Gasteiger partial charge in [0.25, 0.3) is 0 Å². The number of hydrogen-bond donors (Lipinski definition) is 3. The van der Waals surface area contributed by atoms with Crippen LogP contribution in [0.4, 0.5) is 16.2 Å². The summed E-state index contributed by atoms with van der Waals surface area (Å²) in [4.78, 5) is 12.2. The highest BCUT2D eigenvalue weighted by Gasteiger charge is 2.22. The van der Waals surface area contributed by atoms with E-state index < -0.39 is 22.2 Å². The summed E-state index contributed by atoms with van der Waals surface area (Å²) in [5.41, 5.74) is 6.69. The number of unbranched alkanes of at least 4 members (excludes halogenated alkanes) is 1. The van der Waals surface area contributed by atoms with E-state index in [0.717, 1.165) is 6.42 Å². The minimum Gasteiger partial charge on any atom is -0.442 e. The van der Waals surface area contributed by atoms with Crippen LogP contribution >= 0.6 is 0 Å². The molecule has 1 atom stereocenters. The van der Waals surface area contributed by atoms with Gasteiger partial charge in [0.2, 0.25) is 10.0 Å². The first-order valence-electron chi connectivity index (χ1n) is 10.4. The Labute approximate surface area is 189 Å². The monoisotopic (exact) mass is 464 g/mol. The van der Waals surface area contributed by atoms with E-state index in [1.54, 1.807) is 44.5 Å². The molecule has 0 radical (unpaired) electrons. The molecule has 9 nitrogen and oxygen atoms in total. The average molecular weight is 465 g/mol. The summed E-state index contributed by atoms with van der Waals surface area (Å²) < 4.78 is 37.1. The Morgan fingerprint density at radius 3 is 2.47 bits per heavy atom. The summed E-state index contributed by atoms with van der Waals surface area (Å²) in [5.74, 6) is 0. The van der Waals surface area contributed by atoms with Gasteiger partial charge in [-0.05, 0) is 43.7 Å². The summed E-state index contributed by atoms with van der Waals surface area (Å²) in [5, 5.41) is 5.89. The van der Waals surface area contributed by atoms with Crippen molar-refractivity contribution in [2.24, 2.45) is 0 Å². The summed E-state index contributed by atoms with van der Waals surface area (Å²) in [7, 11) is -0.528. The zero-order valence-electron chi connectivity index (χ0n) is 18.5. The average Bonchev–Trinajstić information content (AvgIpc) is 2.76. The molecule has 1 amide bonds. The molecule has 10 heteroatoms. The quantitative estimate of drug-likeness (QED) is 0.307. The van der Waals surface area contributed by atoms with E-state index in [2.05, 4.69) is 10.6 Å². The minimum atomic E-state index is -3.62. The van der Waals surface area contributed by atoms with Crippen LogP contribution in [0.5, 0.6) is 0 Å². The maximum atomic E-state index is 12.6. The molecule has 2 rings (SSSR count). The van der Waals surface area contributed by atoms with Crippen LogP contribution in [-0.4, -0.2) is 65.3 Å². The number of para-hydroxylation sites is 2. The van der Waals surface area contributed by atoms with Crippen molar-refractivity contribution in [1.29, 1.82) is 0 Å². The molecule has 0 saturated carbocycles. The minimum absolute atomic E-state index is 0.119. The van der Waals surface area contributed by atoms with Crippen LogP contribution in [0, 0.1) is 0 Å². The molecule has 0 aliphatic heterocycles. The lowest BCUT2D eigenvalue weighted by Crippen LogP contribution is -2.36. The van der Waals surface area contributed by atoms with E-state index in [9.17, 15) is 13.2 Å². The van der Waals surface area contributed by atoms with Gasteiger partial charge in [-0.15, -0.1) is 0 Å². The van der Waals surface area contributed by atoms with Crippen LogP contribution in [0.15, 0.2) is 59.5 Å². The first-order valence-corrected chi connectivity index (χ1v) is 11.8. The molecule has 0 spiro atoms. The predicted octanol–water partition coefficient (Wildman–Crippen LogP) is 2.52. The van der Waals surface area contributed by atoms with Crippen LogP contribution in [0.3, 0.4) is 0 Å². The van der Waals surface area contributed by atoms with Gasteiger partial charge < -0.3 is 20.5 Å². The van der Waals surface area contributed by atoms with Crippen LogP contribution in [0.25, 0.3) is 0 Å². The molecule has 0 fully saturated rings. The van der Waals surface area contributed by atoms with Crippen molar-refractivity contribution < 1.29 is 22.7 Å². The number of carbonyl (C=O) groups excluding carboxylic acids is 1. The number of nitrogen functional groups attached to an aromatic ring is 1. The zero-order chi connectivity index (χ0) is 23.4. The Morgan fingerprint density at radius 1 is 1.09 bits per heavy atom. The molecule has 0 saturated heterocycles. The summed E-state index contributed by atoms with van der Waals surface area (Å²) in [6.45, 7) is 1.69. The smallest absolute Gasteiger partial charge is 0.412 e. The van der Waals surface area contributed by atoms with Crippen molar-refractivity contribution in [3.63, 3.8) is 0 Å². The third kappa shape index (κ3) is 8.12. The number of benzene rings is 2. The predicted molar refractivity (Wildman–Crippen MR) is 125 cm³/mol. The first kappa shape index (κ1) is 25.6. The number of amides is 1. The number of nitrogens with zero attached hydrogens (tertiary/aromatic N) is 1. The Balaban J connectivity index is 1.69. The second-order valence-corrected chi connectivity index (χ2v) is 9.26. The molecule has 2 aromatic carbocycles. The highest BCUT2D eigenvalue weighted by Crippen LogP contribution is 2.21. The molecule has 0 aliphatic carbocycles. The van der Waals surface area contributed by atoms with Crippen LogP contribution < -0.4 is 16.4 Å². The maximum absolute atomic E-state index is 12.6. The van der Waals surface area contributed by atoms with Crippen LogP contribution in [0.1, 0.15) is 12.8 Å². The molecule has 0 unspecified atom stereocenters. The molecule has 176 valence electrons. The van der Waals surface area contributed by atoms with Crippen LogP contribution in [-0.2, 0) is 19.5 Å². The third-order valence-corrected chi connectivity index (χ3v) is 6.63. The number of sulfonamides is 1. The molecule has 0 aliphatic rings. The van der Waals surface area contributed by atoms with Crippen molar-refractivity contribution in [2.45, 2.75) is 23.8 Å². The normalized spacial score (nSPS) is 12.5. The van der Waals surface area contributed by atoms with Gasteiger partial charge in [-0.3, -0.25) is 5.32 Å². The standard InChI is InChI=1S/C22H32N4O5S/c1-26(32(28,29)21-13-7-6-12-20(21)23)15-9-8-14-24-16-19(17-30-2)31-22(27)25-18-10-4-3-5-11-18/h3-7,10-13,19,24H,8-9,14-17,23H2,1-2H3,(H,25,27)/t19-/m1/s1. The number of carbonyl (C=O) groups is 1. The van der Waals surface area contributed by atoms with Crippen molar-refractivity contribution in [3.8, 4) is 0 Å². The Hall–Kier alpha value is -2.66. The van der Waals surface area contributed by atoms with Crippen molar-refractivity contribution in [2.75, 3.05) is 51.4 Å². The SMILES string of the molecule is COC[C@@H](CNCCCCN(C)S(=O)(=O)c1ccccc1N)OC(=O)Nc1ccccc1. The van der Waals surface area contributed by atoms with Gasteiger partial charge in [-0.25, -0.2) is 17.5 Å². The van der Waals surface area contributed by atoms with Crippen molar-refractivity contribution >= 4 is 27.5 Å². The van der Waals surface area contributed by atoms with Gasteiger partial charge >= 0.3 is 6.09 Å². The van der Waals surface area contributed by atoms with Crippen LogP contribution in [0.2, 0.25) is 0 Å². The van der Waals surface area contributed by atoms with Gasteiger partial charge in [-0.1, -0.05) is 30.3 Å². The Bertz CT molecular complexity index is 940. The first-order chi connectivity index (χ1) is 15.3. The summed E-state index contributed by atoms with van der Waals surface area (Å²) in [6, 6.07) is 15.5. The number of anilines is 2. The van der Waals surface area contributed by atoms with E-state index in [4.69, 9.17) is 15.2 Å². The number of nitrogens with one attached hydrogen (secondary N) is 2. The van der Waals surface area contributed by atoms with E-state index in [-0.39, 0.29) is 17.2 Å². The molecular formula is C22H32N4O5S. The maximum Gasteiger partial charge on any atom is 0.412 e. The second kappa shape index (κ2) is 13.0. The van der Waals surface area contributed by atoms with Gasteiger partial charge in [0.1, 0.15) is 11.0 Å². The lowest BCUT2D eigenvalue weighted by molar-refractivity contribution is 0.0464. The van der Waals surface area contributed by atoms with Crippen molar-refractivity contribution in [3.05, 3.63) is 54.6 Å². The Morgan fingerprint density at radius 2 is 1.78 bits per heavy atom. The largest absolute Gasteiger partial charge is 0.442 e. The fourth-order valence-electron chi connectivity index (χ4n) is 2.99. The highest BCUT2D eigenvalue weighted by molar-refractivity contribution is 7.89. The fourth-order valence-corrected chi connectivity index (χ4v) is 4.31. The number of ether oxygens (including phenoxy) is 2. The second-order valence-electron chi connectivity index (χ2n) is 7.25. The number of hydrogen-bond acceptors (Lipinski definition) is 7. The molecule has 0 bridgehead atoms. The lowest BCUT2D eigenvalue weighted by Gasteiger charge is -2.19. The highest BCUT2D eigenvalue weighted by atomic mass is 32.2. The lowest BCUT2D eigenvalue weighted by atomic mass is 10.3. The van der Waals surface area contributed by atoms with Gasteiger partial charge in [-0.2, -0.15) is 0 Å². The summed E-state index contributed by atoms with van der Waals surface area (Å²) in [6.07, 6.45) is 0.416. The van der Waals surface area contributed by atoms with E-state index >= 15 is 0 Å². The molecule has 2 aromatic rings. The number of nitrogens with two attached hydrogens (primary N) is 1. The molecule has 0 heterocycles. The van der Waals surface area contributed by atoms with Gasteiger partial charge in [0, 0.05) is 32.9 Å². The van der Waals surface area contributed by atoms with Crippen molar-refractivity contribution in [1.82, 2.24) is 9.62 Å². The van der Waals surface area contributed by atoms with Gasteiger partial charge in [0.15, 0.2) is 0 Å². The van der Waals surface area contributed by atoms with Gasteiger partial charge in [0.05, 0.1) is 12.3 Å². The molecule has 0 aromatic heterocycles. The topological polar surface area (TPSA) is 123 Å². The zero-order valence-corrected chi connectivity index (χ0v) is 19.3. The number of methoxy groups -OCH3 is 1. The molecular weight excluding hydrogens is 432 g/mol. The van der Waals surface area contributed by atoms with E-state index in [1.165, 1.54) is 10.4 Å². The fraction of sp³-hybridized carbons (Fsp3) is 0.409. The summed E-state index contributed by atoms with van der Waals surface area (Å²) >= 11 is 0. The third-order valence-electron chi connectivity index (χ3n) is 4.70. The van der Waals surface area contributed by atoms with E-state index in [0.29, 0.717) is 31.7 Å². The number of rotatable bonds is 13. The Kier molecular flexibility index (Phi) is 10.4.